The Hall–Kier alpha value is -4.00. The van der Waals surface area contributed by atoms with Crippen LogP contribution < -0.4 is 25.1 Å². The van der Waals surface area contributed by atoms with Gasteiger partial charge in [0.1, 0.15) is 25.6 Å². The van der Waals surface area contributed by atoms with Gasteiger partial charge in [-0.1, -0.05) is 30.3 Å². The first kappa shape index (κ1) is 19.3. The molecule has 1 aliphatic heterocycles. The van der Waals surface area contributed by atoms with Crippen molar-refractivity contribution in [1.82, 2.24) is 10.9 Å². The van der Waals surface area contributed by atoms with E-state index in [1.807, 2.05) is 30.3 Å². The molecule has 7 nitrogen and oxygen atoms in total. The monoisotopic (exact) mass is 404 g/mol. The third-order valence-corrected chi connectivity index (χ3v) is 4.46. The van der Waals surface area contributed by atoms with Gasteiger partial charge in [0.05, 0.1) is 0 Å². The molecule has 3 aromatic carbocycles. The summed E-state index contributed by atoms with van der Waals surface area (Å²) < 4.78 is 16.6. The molecule has 0 saturated heterocycles. The van der Waals surface area contributed by atoms with Crippen molar-refractivity contribution in [3.05, 3.63) is 89.5 Å². The molecule has 0 aromatic heterocycles. The molecule has 30 heavy (non-hydrogen) atoms. The highest BCUT2D eigenvalue weighted by atomic mass is 16.6. The van der Waals surface area contributed by atoms with Crippen LogP contribution >= 0.6 is 0 Å². The molecule has 1 heterocycles. The highest BCUT2D eigenvalue weighted by Gasteiger charge is 2.15. The molecule has 1 aliphatic rings. The van der Waals surface area contributed by atoms with Gasteiger partial charge in [0, 0.05) is 11.1 Å². The summed E-state index contributed by atoms with van der Waals surface area (Å²) >= 11 is 0. The molecule has 0 radical (unpaired) electrons. The predicted molar refractivity (Wildman–Crippen MR) is 110 cm³/mol. The van der Waals surface area contributed by atoms with E-state index in [-0.39, 0.29) is 0 Å². The van der Waals surface area contributed by atoms with Gasteiger partial charge in [-0.3, -0.25) is 20.4 Å². The van der Waals surface area contributed by atoms with Gasteiger partial charge in [0.2, 0.25) is 0 Å². The molecular formula is C23H20N2O5. The zero-order chi connectivity index (χ0) is 20.8. The molecule has 0 fully saturated rings. The molecule has 4 rings (SSSR count). The third-order valence-electron chi connectivity index (χ3n) is 4.46. The minimum Gasteiger partial charge on any atom is -0.489 e. The fourth-order valence-corrected chi connectivity index (χ4v) is 2.88. The first-order valence-corrected chi connectivity index (χ1v) is 9.46. The molecule has 0 bridgehead atoms. The maximum Gasteiger partial charge on any atom is 0.269 e. The largest absolute Gasteiger partial charge is 0.489 e. The molecule has 0 spiro atoms. The van der Waals surface area contributed by atoms with Crippen LogP contribution in [0.5, 0.6) is 17.2 Å². The zero-order valence-corrected chi connectivity index (χ0v) is 16.1. The summed E-state index contributed by atoms with van der Waals surface area (Å²) in [6.07, 6.45) is 0. The summed E-state index contributed by atoms with van der Waals surface area (Å²) in [4.78, 5) is 24.6. The van der Waals surface area contributed by atoms with E-state index in [9.17, 15) is 9.59 Å². The van der Waals surface area contributed by atoms with E-state index >= 15 is 0 Å². The lowest BCUT2D eigenvalue weighted by molar-refractivity contribution is 0.0846. The van der Waals surface area contributed by atoms with E-state index in [0.717, 1.165) is 11.3 Å². The van der Waals surface area contributed by atoms with Crippen molar-refractivity contribution in [2.24, 2.45) is 0 Å². The van der Waals surface area contributed by atoms with Gasteiger partial charge in [0.25, 0.3) is 11.8 Å². The SMILES string of the molecule is O=C(NNC(=O)c1ccc2c(c1)OCCO2)c1ccc(COc2ccccc2)cc1. The van der Waals surface area contributed by atoms with E-state index in [1.165, 1.54) is 0 Å². The third kappa shape index (κ3) is 4.70. The topological polar surface area (TPSA) is 85.9 Å². The highest BCUT2D eigenvalue weighted by molar-refractivity contribution is 5.99. The number of nitrogens with one attached hydrogen (secondary N) is 2. The fraction of sp³-hybridized carbons (Fsp3) is 0.130. The number of ether oxygens (including phenoxy) is 3. The second-order valence-electron chi connectivity index (χ2n) is 6.57. The summed E-state index contributed by atoms with van der Waals surface area (Å²) in [5.74, 6) is 1.01. The van der Waals surface area contributed by atoms with E-state index in [0.29, 0.717) is 42.4 Å². The number of fused-ring (bicyclic) bond motifs is 1. The number of rotatable bonds is 5. The summed E-state index contributed by atoms with van der Waals surface area (Å²) in [7, 11) is 0. The first-order valence-electron chi connectivity index (χ1n) is 9.46. The van der Waals surface area contributed by atoms with E-state index < -0.39 is 11.8 Å². The van der Waals surface area contributed by atoms with Crippen molar-refractivity contribution in [1.29, 1.82) is 0 Å². The summed E-state index contributed by atoms with van der Waals surface area (Å²) in [6, 6.07) is 21.3. The van der Waals surface area contributed by atoms with Crippen molar-refractivity contribution < 1.29 is 23.8 Å². The number of hydrazine groups is 1. The molecule has 3 aromatic rings. The molecule has 7 heteroatoms. The zero-order valence-electron chi connectivity index (χ0n) is 16.1. The van der Waals surface area contributed by atoms with Crippen LogP contribution in [0.1, 0.15) is 26.3 Å². The van der Waals surface area contributed by atoms with Gasteiger partial charge in [0.15, 0.2) is 11.5 Å². The van der Waals surface area contributed by atoms with Crippen LogP contribution in [-0.2, 0) is 6.61 Å². The Labute approximate surface area is 173 Å². The summed E-state index contributed by atoms with van der Waals surface area (Å²) in [5.41, 5.74) is 6.52. The van der Waals surface area contributed by atoms with E-state index in [1.54, 1.807) is 42.5 Å². The maximum atomic E-state index is 12.3. The Bertz CT molecular complexity index is 1040. The molecule has 0 saturated carbocycles. The number of hydrogen-bond donors (Lipinski definition) is 2. The highest BCUT2D eigenvalue weighted by Crippen LogP contribution is 2.30. The minimum atomic E-state index is -0.451. The van der Waals surface area contributed by atoms with Gasteiger partial charge < -0.3 is 14.2 Å². The van der Waals surface area contributed by atoms with Crippen LogP contribution in [0, 0.1) is 0 Å². The van der Waals surface area contributed by atoms with Crippen LogP contribution in [0.4, 0.5) is 0 Å². The number of carbonyl (C=O) groups is 2. The lowest BCUT2D eigenvalue weighted by atomic mass is 10.1. The fourth-order valence-electron chi connectivity index (χ4n) is 2.88. The number of para-hydroxylation sites is 1. The second-order valence-corrected chi connectivity index (χ2v) is 6.57. The normalized spacial score (nSPS) is 12.0. The van der Waals surface area contributed by atoms with Crippen molar-refractivity contribution in [3.8, 4) is 17.2 Å². The second kappa shape index (κ2) is 9.00. The van der Waals surface area contributed by atoms with E-state index in [4.69, 9.17) is 14.2 Å². The Morgan fingerprint density at radius 2 is 1.40 bits per heavy atom. The van der Waals surface area contributed by atoms with Crippen molar-refractivity contribution in [2.75, 3.05) is 13.2 Å². The summed E-state index contributed by atoms with van der Waals surface area (Å²) in [6.45, 7) is 1.31. The van der Waals surface area contributed by atoms with Crippen molar-refractivity contribution >= 4 is 11.8 Å². The molecule has 2 N–H and O–H groups in total. The lowest BCUT2D eigenvalue weighted by Gasteiger charge is -2.18. The summed E-state index contributed by atoms with van der Waals surface area (Å²) in [5, 5.41) is 0. The molecule has 0 unspecified atom stereocenters. The van der Waals surface area contributed by atoms with Crippen LogP contribution in [0.25, 0.3) is 0 Å². The Morgan fingerprint density at radius 3 is 2.13 bits per heavy atom. The number of amides is 2. The van der Waals surface area contributed by atoms with Crippen molar-refractivity contribution in [2.45, 2.75) is 6.61 Å². The van der Waals surface area contributed by atoms with Crippen molar-refractivity contribution in [3.63, 3.8) is 0 Å². The maximum absolute atomic E-state index is 12.3. The molecule has 152 valence electrons. The van der Waals surface area contributed by atoms with Crippen LogP contribution in [0.2, 0.25) is 0 Å². The molecule has 0 aliphatic carbocycles. The average Bonchev–Trinajstić information content (AvgIpc) is 2.81. The minimum absolute atomic E-state index is 0.355. The van der Waals surface area contributed by atoms with E-state index in [2.05, 4.69) is 10.9 Å². The Balaban J connectivity index is 1.30. The first-order chi connectivity index (χ1) is 14.7. The predicted octanol–water partition coefficient (Wildman–Crippen LogP) is 3.11. The number of benzene rings is 3. The lowest BCUT2D eigenvalue weighted by Crippen LogP contribution is -2.41. The molecule has 0 atom stereocenters. The van der Waals surface area contributed by atoms with Crippen LogP contribution in [0.3, 0.4) is 0 Å². The quantitative estimate of drug-likeness (QED) is 0.638. The smallest absolute Gasteiger partial charge is 0.269 e. The molecular weight excluding hydrogens is 384 g/mol. The number of hydrogen-bond acceptors (Lipinski definition) is 5. The molecule has 2 amide bonds. The van der Waals surface area contributed by atoms with Crippen LogP contribution in [-0.4, -0.2) is 25.0 Å². The Kier molecular flexibility index (Phi) is 5.80. The Morgan fingerprint density at radius 1 is 0.767 bits per heavy atom. The number of carbonyl (C=O) groups excluding carboxylic acids is 2. The van der Waals surface area contributed by atoms with Gasteiger partial charge in [-0.25, -0.2) is 0 Å². The van der Waals surface area contributed by atoms with Gasteiger partial charge in [-0.2, -0.15) is 0 Å². The average molecular weight is 404 g/mol. The standard InChI is InChI=1S/C23H20N2O5/c26-22(17-8-6-16(7-9-17)15-30-19-4-2-1-3-5-19)24-25-23(27)18-10-11-20-21(14-18)29-13-12-28-20/h1-11,14H,12-13,15H2,(H,24,26)(H,25,27). The van der Waals surface area contributed by atoms with Gasteiger partial charge >= 0.3 is 0 Å². The van der Waals surface area contributed by atoms with Crippen LogP contribution in [0.15, 0.2) is 72.8 Å². The van der Waals surface area contributed by atoms with Gasteiger partial charge in [-0.15, -0.1) is 0 Å². The van der Waals surface area contributed by atoms with Gasteiger partial charge in [-0.05, 0) is 48.0 Å².